The monoisotopic (exact) mass is 483 g/mol. The van der Waals surface area contributed by atoms with E-state index in [-0.39, 0.29) is 23.6 Å². The molecule has 2 fully saturated rings. The van der Waals surface area contributed by atoms with E-state index in [1.807, 2.05) is 12.1 Å². The van der Waals surface area contributed by atoms with E-state index in [1.54, 1.807) is 16.8 Å². The van der Waals surface area contributed by atoms with Gasteiger partial charge in [0.25, 0.3) is 5.56 Å². The highest BCUT2D eigenvalue weighted by Gasteiger charge is 2.38. The predicted molar refractivity (Wildman–Crippen MR) is 137 cm³/mol. The Balaban J connectivity index is 1.53. The number of halogens is 1. The number of esters is 1. The largest absolute Gasteiger partial charge is 0.462 e. The number of hydrogen-bond donors (Lipinski definition) is 0. The van der Waals surface area contributed by atoms with Crippen LogP contribution in [0.1, 0.15) is 82.8 Å². The fourth-order valence-corrected chi connectivity index (χ4v) is 6.20. The highest BCUT2D eigenvalue weighted by molar-refractivity contribution is 6.30. The van der Waals surface area contributed by atoms with Gasteiger partial charge in [0.05, 0.1) is 17.5 Å². The molecule has 184 valence electrons. The molecule has 2 saturated carbocycles. The molecule has 1 aromatic carbocycles. The minimum Gasteiger partial charge on any atom is -0.462 e. The van der Waals surface area contributed by atoms with Crippen molar-refractivity contribution in [1.82, 2.24) is 4.57 Å². The first-order chi connectivity index (χ1) is 16.3. The zero-order valence-electron chi connectivity index (χ0n) is 20.7. The van der Waals surface area contributed by atoms with E-state index in [4.69, 9.17) is 16.3 Å². The van der Waals surface area contributed by atoms with Crippen LogP contribution in [0.3, 0.4) is 0 Å². The lowest BCUT2D eigenvalue weighted by Crippen LogP contribution is -2.37. The number of ether oxygens (including phenoxy) is 1. The van der Waals surface area contributed by atoms with Crippen LogP contribution in [0.25, 0.3) is 0 Å². The number of carbonyl (C=O) groups excluding carboxylic acids is 1. The molecule has 0 aliphatic heterocycles. The van der Waals surface area contributed by atoms with Crippen molar-refractivity contribution < 1.29 is 9.53 Å². The lowest BCUT2D eigenvalue weighted by Gasteiger charge is -2.37. The first-order valence-corrected chi connectivity index (χ1v) is 13.3. The fourth-order valence-electron chi connectivity index (χ4n) is 6.02. The van der Waals surface area contributed by atoms with E-state index in [0.717, 1.165) is 36.8 Å². The van der Waals surface area contributed by atoms with Gasteiger partial charge in [-0.25, -0.2) is 0 Å². The molecule has 5 heteroatoms. The second kappa shape index (κ2) is 11.1. The van der Waals surface area contributed by atoms with Gasteiger partial charge in [0.15, 0.2) is 0 Å². The Hall–Kier alpha value is -2.07. The Morgan fingerprint density at radius 2 is 1.76 bits per heavy atom. The molecule has 0 unspecified atom stereocenters. The van der Waals surface area contributed by atoms with Crippen molar-refractivity contribution in [3.8, 4) is 0 Å². The summed E-state index contributed by atoms with van der Waals surface area (Å²) in [5.41, 5.74) is 1.96. The van der Waals surface area contributed by atoms with Gasteiger partial charge >= 0.3 is 5.97 Å². The Morgan fingerprint density at radius 3 is 2.44 bits per heavy atom. The maximum atomic E-state index is 13.6. The van der Waals surface area contributed by atoms with Crippen LogP contribution in [0, 0.1) is 23.7 Å². The summed E-state index contributed by atoms with van der Waals surface area (Å²) in [5, 5.41) is 0.539. The molecular formula is C29H38ClNO3. The summed E-state index contributed by atoms with van der Waals surface area (Å²) in [6.07, 6.45) is 9.53. The molecule has 0 N–H and O–H groups in total. The average molecular weight is 484 g/mol. The number of aromatic nitrogens is 1. The minimum atomic E-state index is -0.213. The van der Waals surface area contributed by atoms with Gasteiger partial charge in [-0.3, -0.25) is 9.59 Å². The van der Waals surface area contributed by atoms with Crippen LogP contribution in [0.5, 0.6) is 0 Å². The Morgan fingerprint density at radius 1 is 1.06 bits per heavy atom. The van der Waals surface area contributed by atoms with Crippen molar-refractivity contribution in [1.29, 1.82) is 0 Å². The Bertz CT molecular complexity index is 1020. The first kappa shape index (κ1) is 25.0. The Labute approximate surface area is 208 Å². The molecule has 0 spiro atoms. The zero-order valence-corrected chi connectivity index (χ0v) is 21.5. The van der Waals surface area contributed by atoms with Crippen molar-refractivity contribution >= 4 is 17.6 Å². The molecule has 0 radical (unpaired) electrons. The molecule has 0 saturated heterocycles. The van der Waals surface area contributed by atoms with E-state index in [0.29, 0.717) is 35.2 Å². The molecule has 2 aromatic rings. The van der Waals surface area contributed by atoms with Crippen molar-refractivity contribution in [2.45, 2.75) is 84.3 Å². The van der Waals surface area contributed by atoms with Crippen molar-refractivity contribution in [3.05, 3.63) is 69.1 Å². The zero-order chi connectivity index (χ0) is 24.2. The smallest absolute Gasteiger partial charge is 0.313 e. The third-order valence-electron chi connectivity index (χ3n) is 7.99. The Kier molecular flexibility index (Phi) is 8.18. The minimum absolute atomic E-state index is 0.0223. The van der Waals surface area contributed by atoms with E-state index < -0.39 is 0 Å². The lowest BCUT2D eigenvalue weighted by atomic mass is 9.75. The van der Waals surface area contributed by atoms with E-state index in [1.165, 1.54) is 25.3 Å². The van der Waals surface area contributed by atoms with Gasteiger partial charge in [-0.15, -0.1) is 0 Å². The van der Waals surface area contributed by atoms with Crippen LogP contribution in [-0.2, 0) is 16.1 Å². The molecule has 0 bridgehead atoms. The third kappa shape index (κ3) is 5.94. The summed E-state index contributed by atoms with van der Waals surface area (Å²) in [6.45, 7) is 7.23. The second-order valence-electron chi connectivity index (χ2n) is 10.9. The molecule has 4 nitrogen and oxygen atoms in total. The van der Waals surface area contributed by atoms with Crippen LogP contribution in [0.15, 0.2) is 47.4 Å². The van der Waals surface area contributed by atoms with Crippen LogP contribution < -0.4 is 5.56 Å². The van der Waals surface area contributed by atoms with Crippen LogP contribution in [-0.4, -0.2) is 16.6 Å². The van der Waals surface area contributed by atoms with Crippen LogP contribution in [0.2, 0.25) is 5.02 Å². The maximum absolute atomic E-state index is 13.6. The molecule has 1 aromatic heterocycles. The average Bonchev–Trinajstić information content (AvgIpc) is 3.32. The van der Waals surface area contributed by atoms with Gasteiger partial charge in [0, 0.05) is 12.3 Å². The van der Waals surface area contributed by atoms with Crippen LogP contribution in [0.4, 0.5) is 0 Å². The van der Waals surface area contributed by atoms with Gasteiger partial charge in [-0.1, -0.05) is 75.9 Å². The molecule has 4 rings (SSSR count). The van der Waals surface area contributed by atoms with E-state index >= 15 is 0 Å². The number of rotatable bonds is 7. The number of pyridine rings is 1. The first-order valence-electron chi connectivity index (χ1n) is 13.0. The molecule has 34 heavy (non-hydrogen) atoms. The van der Waals surface area contributed by atoms with E-state index in [9.17, 15) is 9.59 Å². The maximum Gasteiger partial charge on any atom is 0.313 e. The van der Waals surface area contributed by atoms with E-state index in [2.05, 4.69) is 32.9 Å². The van der Waals surface area contributed by atoms with Gasteiger partial charge < -0.3 is 9.30 Å². The fraction of sp³-hybridized carbons (Fsp3) is 0.586. The summed E-state index contributed by atoms with van der Waals surface area (Å²) in [4.78, 5) is 25.8. The predicted octanol–water partition coefficient (Wildman–Crippen LogP) is 6.83. The summed E-state index contributed by atoms with van der Waals surface area (Å²) in [5.74, 6) is 1.65. The summed E-state index contributed by atoms with van der Waals surface area (Å²) < 4.78 is 7.93. The molecule has 0 amide bonds. The molecule has 1 heterocycles. The summed E-state index contributed by atoms with van der Waals surface area (Å²) in [6, 6.07) is 11.3. The summed E-state index contributed by atoms with van der Waals surface area (Å²) >= 11 is 6.06. The normalized spacial score (nSPS) is 24.3. The van der Waals surface area contributed by atoms with Crippen molar-refractivity contribution in [3.63, 3.8) is 0 Å². The van der Waals surface area contributed by atoms with Crippen molar-refractivity contribution in [2.75, 3.05) is 0 Å². The number of carbonyl (C=O) groups is 1. The van der Waals surface area contributed by atoms with Gasteiger partial charge in [0.1, 0.15) is 6.10 Å². The number of nitrogens with zero attached hydrogens (tertiary/aromatic N) is 1. The SMILES string of the molecule is CC(C)[C@@H]1CC[C@@H](C)C[C@H]1OC(=O)[C@H](c1ccc(Cn2cc(Cl)ccc2=O)cc1)C1CCCC1. The lowest BCUT2D eigenvalue weighted by molar-refractivity contribution is -0.159. The second-order valence-corrected chi connectivity index (χ2v) is 11.3. The standard InChI is InChI=1S/C29H38ClNO3/c1-19(2)25-14-8-20(3)16-26(25)34-29(33)28(22-6-4-5-7-22)23-11-9-21(10-12-23)17-31-18-24(30)13-15-27(31)32/h9-13,15,18-20,22,25-26,28H,4-8,14,16-17H2,1-3H3/t20-,25+,26-,28+/m1/s1. The molecule has 4 atom stereocenters. The highest BCUT2D eigenvalue weighted by Crippen LogP contribution is 2.41. The molecule has 2 aliphatic carbocycles. The number of benzene rings is 1. The summed E-state index contributed by atoms with van der Waals surface area (Å²) in [7, 11) is 0. The topological polar surface area (TPSA) is 48.3 Å². The quantitative estimate of drug-likeness (QED) is 0.405. The highest BCUT2D eigenvalue weighted by atomic mass is 35.5. The molecular weight excluding hydrogens is 446 g/mol. The molecule has 2 aliphatic rings. The van der Waals surface area contributed by atoms with Crippen LogP contribution >= 0.6 is 11.6 Å². The van der Waals surface area contributed by atoms with Gasteiger partial charge in [-0.2, -0.15) is 0 Å². The third-order valence-corrected chi connectivity index (χ3v) is 8.22. The van der Waals surface area contributed by atoms with Crippen molar-refractivity contribution in [2.24, 2.45) is 23.7 Å². The van der Waals surface area contributed by atoms with Gasteiger partial charge in [-0.05, 0) is 66.5 Å². The number of hydrogen-bond acceptors (Lipinski definition) is 3. The van der Waals surface area contributed by atoms with Gasteiger partial charge in [0.2, 0.25) is 0 Å².